The summed E-state index contributed by atoms with van der Waals surface area (Å²) in [6, 6.07) is 16.8. The Morgan fingerprint density at radius 1 is 1.19 bits per heavy atom. The fourth-order valence-electron chi connectivity index (χ4n) is 2.72. The van der Waals surface area contributed by atoms with Gasteiger partial charge in [-0.15, -0.1) is 0 Å². The zero-order valence-electron chi connectivity index (χ0n) is 14.9. The van der Waals surface area contributed by atoms with Gasteiger partial charge in [0.05, 0.1) is 18.4 Å². The molecule has 1 aliphatic rings. The number of anilines is 1. The Morgan fingerprint density at radius 3 is 2.56 bits per heavy atom. The lowest BCUT2D eigenvalue weighted by Gasteiger charge is -2.15. The highest BCUT2D eigenvalue weighted by Crippen LogP contribution is 2.31. The number of thioether (sulfide) groups is 1. The third-order valence-corrected chi connectivity index (χ3v) is 5.59. The van der Waals surface area contributed by atoms with Crippen LogP contribution in [0.3, 0.4) is 0 Å². The maximum Gasteiger partial charge on any atom is 0.242 e. The fourth-order valence-corrected chi connectivity index (χ4v) is 4.21. The molecule has 3 rings (SSSR count). The largest absolute Gasteiger partial charge is 0.494 e. The molecule has 0 radical (unpaired) electrons. The molecular formula is C20H20N2O3S2. The van der Waals surface area contributed by atoms with Crippen molar-refractivity contribution in [3.8, 4) is 5.75 Å². The Balaban J connectivity index is 1.56. The molecule has 0 aromatic heterocycles. The Bertz CT molecular complexity index is 825. The molecule has 1 fully saturated rings. The van der Waals surface area contributed by atoms with Crippen molar-refractivity contribution in [2.75, 3.05) is 11.9 Å². The SMILES string of the molecule is CCOc1ccc(NC(=O)CC2SC(=S)N(Cc3ccccc3)C2=O)cc1. The Kier molecular flexibility index (Phi) is 6.47. The molecule has 1 N–H and O–H groups in total. The first-order chi connectivity index (χ1) is 13.1. The first-order valence-electron chi connectivity index (χ1n) is 8.65. The summed E-state index contributed by atoms with van der Waals surface area (Å²) in [6.45, 7) is 2.94. The normalized spacial score (nSPS) is 16.5. The van der Waals surface area contributed by atoms with Crippen LogP contribution in [0.4, 0.5) is 5.69 Å². The van der Waals surface area contributed by atoms with Crippen molar-refractivity contribution >= 4 is 45.8 Å². The van der Waals surface area contributed by atoms with Crippen molar-refractivity contribution in [2.24, 2.45) is 0 Å². The lowest BCUT2D eigenvalue weighted by atomic mass is 10.2. The van der Waals surface area contributed by atoms with Crippen molar-refractivity contribution < 1.29 is 14.3 Å². The number of carbonyl (C=O) groups excluding carboxylic acids is 2. The molecule has 27 heavy (non-hydrogen) atoms. The molecule has 7 heteroatoms. The van der Waals surface area contributed by atoms with E-state index in [2.05, 4.69) is 5.32 Å². The van der Waals surface area contributed by atoms with Crippen LogP contribution in [0.2, 0.25) is 0 Å². The predicted molar refractivity (Wildman–Crippen MR) is 112 cm³/mol. The molecule has 2 amide bonds. The zero-order chi connectivity index (χ0) is 19.2. The van der Waals surface area contributed by atoms with Crippen LogP contribution in [-0.2, 0) is 16.1 Å². The summed E-state index contributed by atoms with van der Waals surface area (Å²) in [4.78, 5) is 26.5. The smallest absolute Gasteiger partial charge is 0.242 e. The van der Waals surface area contributed by atoms with E-state index in [1.54, 1.807) is 29.2 Å². The van der Waals surface area contributed by atoms with E-state index < -0.39 is 5.25 Å². The molecule has 0 spiro atoms. The molecule has 1 unspecified atom stereocenters. The van der Waals surface area contributed by atoms with Crippen LogP contribution in [0.25, 0.3) is 0 Å². The van der Waals surface area contributed by atoms with Crippen LogP contribution in [0, 0.1) is 0 Å². The van der Waals surface area contributed by atoms with E-state index >= 15 is 0 Å². The van der Waals surface area contributed by atoms with Crippen molar-refractivity contribution in [1.29, 1.82) is 0 Å². The van der Waals surface area contributed by atoms with Gasteiger partial charge in [-0.25, -0.2) is 0 Å². The highest BCUT2D eigenvalue weighted by Gasteiger charge is 2.38. The zero-order valence-corrected chi connectivity index (χ0v) is 16.5. The van der Waals surface area contributed by atoms with Gasteiger partial charge in [-0.3, -0.25) is 14.5 Å². The molecule has 1 saturated heterocycles. The Hall–Kier alpha value is -2.38. The first-order valence-corrected chi connectivity index (χ1v) is 9.94. The van der Waals surface area contributed by atoms with Crippen LogP contribution in [0.1, 0.15) is 18.9 Å². The second-order valence-corrected chi connectivity index (χ2v) is 7.83. The van der Waals surface area contributed by atoms with Crippen LogP contribution < -0.4 is 10.1 Å². The van der Waals surface area contributed by atoms with E-state index in [0.717, 1.165) is 11.3 Å². The maximum atomic E-state index is 12.6. The molecule has 2 aromatic rings. The molecule has 0 bridgehead atoms. The third-order valence-electron chi connectivity index (χ3n) is 4.01. The second kappa shape index (κ2) is 9.01. The number of nitrogens with zero attached hydrogens (tertiary/aromatic N) is 1. The average molecular weight is 401 g/mol. The molecule has 1 atom stereocenters. The number of rotatable bonds is 7. The van der Waals surface area contributed by atoms with Gasteiger partial charge < -0.3 is 10.1 Å². The van der Waals surface area contributed by atoms with E-state index in [0.29, 0.717) is 23.2 Å². The van der Waals surface area contributed by atoms with E-state index in [4.69, 9.17) is 17.0 Å². The quantitative estimate of drug-likeness (QED) is 0.716. The minimum atomic E-state index is -0.482. The van der Waals surface area contributed by atoms with Gasteiger partial charge in [-0.2, -0.15) is 0 Å². The van der Waals surface area contributed by atoms with E-state index in [9.17, 15) is 9.59 Å². The van der Waals surface area contributed by atoms with Crippen molar-refractivity contribution in [2.45, 2.75) is 25.1 Å². The number of hydrogen-bond acceptors (Lipinski definition) is 5. The van der Waals surface area contributed by atoms with Gasteiger partial charge in [0.15, 0.2) is 0 Å². The lowest BCUT2D eigenvalue weighted by Crippen LogP contribution is -2.32. The third kappa shape index (κ3) is 5.08. The summed E-state index contributed by atoms with van der Waals surface area (Å²) in [7, 11) is 0. The van der Waals surface area contributed by atoms with E-state index in [1.165, 1.54) is 11.8 Å². The molecule has 5 nitrogen and oxygen atoms in total. The number of hydrogen-bond donors (Lipinski definition) is 1. The lowest BCUT2D eigenvalue weighted by molar-refractivity contribution is -0.128. The summed E-state index contributed by atoms with van der Waals surface area (Å²) in [5.41, 5.74) is 1.68. The van der Waals surface area contributed by atoms with E-state index in [-0.39, 0.29) is 18.2 Å². The summed E-state index contributed by atoms with van der Waals surface area (Å²) in [6.07, 6.45) is 0.0855. The number of ether oxygens (including phenoxy) is 1. The van der Waals surface area contributed by atoms with E-state index in [1.807, 2.05) is 37.3 Å². The average Bonchev–Trinajstić information content (AvgIpc) is 2.92. The monoisotopic (exact) mass is 400 g/mol. The van der Waals surface area contributed by atoms with Gasteiger partial charge in [-0.1, -0.05) is 54.3 Å². The van der Waals surface area contributed by atoms with Gasteiger partial charge in [0, 0.05) is 12.1 Å². The molecule has 2 aromatic carbocycles. The minimum absolute atomic E-state index is 0.0855. The number of nitrogens with one attached hydrogen (secondary N) is 1. The van der Waals surface area contributed by atoms with Crippen molar-refractivity contribution in [1.82, 2.24) is 4.90 Å². The number of benzene rings is 2. The standard InChI is InChI=1S/C20H20N2O3S2/c1-2-25-16-10-8-15(9-11-16)21-18(23)12-17-19(24)22(20(26)27-17)13-14-6-4-3-5-7-14/h3-11,17H,2,12-13H2,1H3,(H,21,23). The van der Waals surface area contributed by atoms with Crippen molar-refractivity contribution in [3.63, 3.8) is 0 Å². The summed E-state index contributed by atoms with van der Waals surface area (Å²) >= 11 is 6.61. The highest BCUT2D eigenvalue weighted by atomic mass is 32.2. The van der Waals surface area contributed by atoms with Gasteiger partial charge in [0.2, 0.25) is 11.8 Å². The molecule has 0 saturated carbocycles. The minimum Gasteiger partial charge on any atom is -0.494 e. The van der Waals surface area contributed by atoms with Gasteiger partial charge >= 0.3 is 0 Å². The van der Waals surface area contributed by atoms with Gasteiger partial charge in [0.1, 0.15) is 10.1 Å². The Labute approximate surface area is 168 Å². The summed E-state index contributed by atoms with van der Waals surface area (Å²) in [5, 5.41) is 2.33. The van der Waals surface area contributed by atoms with Crippen LogP contribution in [0.15, 0.2) is 54.6 Å². The Morgan fingerprint density at radius 2 is 1.89 bits per heavy atom. The molecule has 1 aliphatic heterocycles. The number of thiocarbonyl (C=S) groups is 1. The van der Waals surface area contributed by atoms with Gasteiger partial charge in [0.25, 0.3) is 0 Å². The fraction of sp³-hybridized carbons (Fsp3) is 0.250. The maximum absolute atomic E-state index is 12.6. The van der Waals surface area contributed by atoms with Crippen LogP contribution in [0.5, 0.6) is 5.75 Å². The topological polar surface area (TPSA) is 58.6 Å². The highest BCUT2D eigenvalue weighted by molar-refractivity contribution is 8.24. The van der Waals surface area contributed by atoms with Crippen LogP contribution in [-0.4, -0.2) is 32.9 Å². The van der Waals surface area contributed by atoms with Crippen LogP contribution >= 0.6 is 24.0 Å². The predicted octanol–water partition coefficient (Wildman–Crippen LogP) is 3.84. The number of amides is 2. The molecular weight excluding hydrogens is 380 g/mol. The summed E-state index contributed by atoms with van der Waals surface area (Å²) < 4.78 is 5.90. The molecule has 1 heterocycles. The summed E-state index contributed by atoms with van der Waals surface area (Å²) in [5.74, 6) is 0.420. The molecule has 0 aliphatic carbocycles. The van der Waals surface area contributed by atoms with Crippen molar-refractivity contribution in [3.05, 3.63) is 60.2 Å². The second-order valence-electron chi connectivity index (χ2n) is 5.99. The first kappa shape index (κ1) is 19.4. The van der Waals surface area contributed by atoms with Gasteiger partial charge in [-0.05, 0) is 36.8 Å². The molecule has 140 valence electrons. The number of carbonyl (C=O) groups is 2.